The zero-order valence-electron chi connectivity index (χ0n) is 10.9. The first-order valence-corrected chi connectivity index (χ1v) is 6.71. The van der Waals surface area contributed by atoms with Gasteiger partial charge in [-0.15, -0.1) is 0 Å². The predicted molar refractivity (Wildman–Crippen MR) is 72.5 cm³/mol. The molecule has 98 valence electrons. The lowest BCUT2D eigenvalue weighted by molar-refractivity contribution is 0.00467. The van der Waals surface area contributed by atoms with Crippen LogP contribution in [0, 0.1) is 5.92 Å². The third kappa shape index (κ3) is 3.84. The number of hydrogen-bond acceptors (Lipinski definition) is 3. The third-order valence-electron chi connectivity index (χ3n) is 3.65. The van der Waals surface area contributed by atoms with E-state index in [-0.39, 0.29) is 0 Å². The molecule has 0 aromatic heterocycles. The number of hydrogen-bond donors (Lipinski definition) is 2. The van der Waals surface area contributed by atoms with Crippen LogP contribution in [0.4, 0.5) is 0 Å². The van der Waals surface area contributed by atoms with Crippen LogP contribution in [-0.2, 0) is 11.3 Å². The Morgan fingerprint density at radius 3 is 2.56 bits per heavy atom. The summed E-state index contributed by atoms with van der Waals surface area (Å²) in [6.07, 6.45) is 5.30. The quantitative estimate of drug-likeness (QED) is 0.793. The highest BCUT2D eigenvalue weighted by molar-refractivity contribution is 6.58. The molecule has 1 aromatic carbocycles. The number of ether oxygens (including phenoxy) is 1. The van der Waals surface area contributed by atoms with Crippen molar-refractivity contribution in [3.05, 3.63) is 29.8 Å². The van der Waals surface area contributed by atoms with Crippen LogP contribution < -0.4 is 5.46 Å². The van der Waals surface area contributed by atoms with E-state index in [2.05, 4.69) is 6.92 Å². The summed E-state index contributed by atoms with van der Waals surface area (Å²) in [5.74, 6) is 0.774. The van der Waals surface area contributed by atoms with Crippen molar-refractivity contribution < 1.29 is 14.8 Å². The van der Waals surface area contributed by atoms with Crippen molar-refractivity contribution in [3.63, 3.8) is 0 Å². The fourth-order valence-corrected chi connectivity index (χ4v) is 2.53. The van der Waals surface area contributed by atoms with Crippen molar-refractivity contribution in [1.82, 2.24) is 0 Å². The van der Waals surface area contributed by atoms with Crippen LogP contribution in [-0.4, -0.2) is 23.3 Å². The zero-order valence-corrected chi connectivity index (χ0v) is 10.9. The van der Waals surface area contributed by atoms with Crippen LogP contribution in [0.25, 0.3) is 0 Å². The van der Waals surface area contributed by atoms with Gasteiger partial charge in [0, 0.05) is 0 Å². The van der Waals surface area contributed by atoms with E-state index in [9.17, 15) is 0 Å². The molecule has 2 N–H and O–H groups in total. The Morgan fingerprint density at radius 2 is 1.94 bits per heavy atom. The van der Waals surface area contributed by atoms with Crippen LogP contribution in [0.15, 0.2) is 24.3 Å². The lowest BCUT2D eigenvalue weighted by Crippen LogP contribution is -2.29. The summed E-state index contributed by atoms with van der Waals surface area (Å²) >= 11 is 0. The van der Waals surface area contributed by atoms with Gasteiger partial charge in [-0.2, -0.15) is 0 Å². The fraction of sp³-hybridized carbons (Fsp3) is 0.571. The monoisotopic (exact) mass is 248 g/mol. The molecule has 0 heterocycles. The Balaban J connectivity index is 1.82. The van der Waals surface area contributed by atoms with E-state index in [0.29, 0.717) is 18.2 Å². The molecular weight excluding hydrogens is 227 g/mol. The van der Waals surface area contributed by atoms with Gasteiger partial charge >= 0.3 is 7.12 Å². The molecule has 1 aliphatic rings. The fourth-order valence-electron chi connectivity index (χ4n) is 2.53. The van der Waals surface area contributed by atoms with E-state index >= 15 is 0 Å². The van der Waals surface area contributed by atoms with Crippen LogP contribution in [0.2, 0.25) is 0 Å². The highest BCUT2D eigenvalue weighted by Crippen LogP contribution is 2.26. The van der Waals surface area contributed by atoms with Gasteiger partial charge in [0.1, 0.15) is 0 Å². The SMILES string of the molecule is CC1CCCC(OCc2ccc(B(O)O)cc2)C1. The van der Waals surface area contributed by atoms with Gasteiger partial charge in [-0.05, 0) is 29.8 Å². The van der Waals surface area contributed by atoms with Crippen molar-refractivity contribution in [2.24, 2.45) is 5.92 Å². The van der Waals surface area contributed by atoms with Gasteiger partial charge in [0.15, 0.2) is 0 Å². The number of benzene rings is 1. The largest absolute Gasteiger partial charge is 0.488 e. The molecule has 2 rings (SSSR count). The van der Waals surface area contributed by atoms with Crippen molar-refractivity contribution in [1.29, 1.82) is 0 Å². The van der Waals surface area contributed by atoms with Crippen molar-refractivity contribution in [2.45, 2.75) is 45.3 Å². The second kappa shape index (κ2) is 6.37. The van der Waals surface area contributed by atoms with Gasteiger partial charge in [0.2, 0.25) is 0 Å². The molecule has 0 saturated heterocycles. The average Bonchev–Trinajstić information content (AvgIpc) is 2.37. The Morgan fingerprint density at radius 1 is 1.22 bits per heavy atom. The molecule has 3 nitrogen and oxygen atoms in total. The van der Waals surface area contributed by atoms with E-state index in [4.69, 9.17) is 14.8 Å². The second-order valence-electron chi connectivity index (χ2n) is 5.32. The highest BCUT2D eigenvalue weighted by Gasteiger charge is 2.19. The van der Waals surface area contributed by atoms with Gasteiger partial charge in [-0.25, -0.2) is 0 Å². The van der Waals surface area contributed by atoms with Gasteiger partial charge in [0.05, 0.1) is 12.7 Å². The highest BCUT2D eigenvalue weighted by atomic mass is 16.5. The molecule has 0 bridgehead atoms. The summed E-state index contributed by atoms with van der Waals surface area (Å²) in [6, 6.07) is 7.24. The zero-order chi connectivity index (χ0) is 13.0. The predicted octanol–water partition coefficient (Wildman–Crippen LogP) is 1.46. The van der Waals surface area contributed by atoms with Crippen LogP contribution in [0.1, 0.15) is 38.2 Å². The minimum atomic E-state index is -1.39. The molecule has 0 spiro atoms. The molecule has 1 fully saturated rings. The molecule has 0 aliphatic heterocycles. The molecule has 1 aromatic rings. The summed E-state index contributed by atoms with van der Waals surface area (Å²) < 4.78 is 5.91. The molecule has 0 radical (unpaired) electrons. The minimum absolute atomic E-state index is 0.386. The number of rotatable bonds is 4. The summed E-state index contributed by atoms with van der Waals surface area (Å²) in [5, 5.41) is 18.0. The van der Waals surface area contributed by atoms with E-state index < -0.39 is 7.12 Å². The molecule has 1 aliphatic carbocycles. The first-order valence-electron chi connectivity index (χ1n) is 6.71. The van der Waals surface area contributed by atoms with E-state index in [1.807, 2.05) is 12.1 Å². The van der Waals surface area contributed by atoms with Gasteiger partial charge < -0.3 is 14.8 Å². The standard InChI is InChI=1S/C14H21BO3/c1-11-3-2-4-14(9-11)18-10-12-5-7-13(8-6-12)15(16)17/h5-8,11,14,16-17H,2-4,9-10H2,1H3. The maximum atomic E-state index is 9.00. The maximum Gasteiger partial charge on any atom is 0.488 e. The topological polar surface area (TPSA) is 49.7 Å². The molecule has 1 saturated carbocycles. The molecule has 0 amide bonds. The van der Waals surface area contributed by atoms with Crippen LogP contribution in [0.5, 0.6) is 0 Å². The molecule has 18 heavy (non-hydrogen) atoms. The lowest BCUT2D eigenvalue weighted by atomic mass is 9.80. The van der Waals surface area contributed by atoms with Gasteiger partial charge in [0.25, 0.3) is 0 Å². The van der Waals surface area contributed by atoms with E-state index in [0.717, 1.165) is 24.3 Å². The lowest BCUT2D eigenvalue weighted by Gasteiger charge is -2.26. The molecular formula is C14H21BO3. The Kier molecular flexibility index (Phi) is 4.81. The van der Waals surface area contributed by atoms with Crippen molar-refractivity contribution in [2.75, 3.05) is 0 Å². The van der Waals surface area contributed by atoms with Crippen LogP contribution in [0.3, 0.4) is 0 Å². The van der Waals surface area contributed by atoms with Gasteiger partial charge in [-0.3, -0.25) is 0 Å². The minimum Gasteiger partial charge on any atom is -0.423 e. The summed E-state index contributed by atoms with van der Waals surface area (Å²) in [7, 11) is -1.39. The molecule has 2 atom stereocenters. The third-order valence-corrected chi connectivity index (χ3v) is 3.65. The smallest absolute Gasteiger partial charge is 0.423 e. The summed E-state index contributed by atoms with van der Waals surface area (Å²) in [6.45, 7) is 2.89. The van der Waals surface area contributed by atoms with Crippen LogP contribution >= 0.6 is 0 Å². The molecule has 4 heteroatoms. The van der Waals surface area contributed by atoms with E-state index in [1.54, 1.807) is 12.1 Å². The van der Waals surface area contributed by atoms with Crippen molar-refractivity contribution >= 4 is 12.6 Å². The Bertz CT molecular complexity index is 364. The normalized spacial score (nSPS) is 23.9. The average molecular weight is 248 g/mol. The second-order valence-corrected chi connectivity index (χ2v) is 5.32. The first kappa shape index (κ1) is 13.6. The van der Waals surface area contributed by atoms with Crippen molar-refractivity contribution in [3.8, 4) is 0 Å². The summed E-state index contributed by atoms with van der Waals surface area (Å²) in [4.78, 5) is 0. The van der Waals surface area contributed by atoms with Gasteiger partial charge in [-0.1, -0.05) is 44.0 Å². The Labute approximate surface area is 109 Å². The molecule has 2 unspecified atom stereocenters. The maximum absolute atomic E-state index is 9.00. The summed E-state index contributed by atoms with van der Waals surface area (Å²) in [5.41, 5.74) is 1.60. The van der Waals surface area contributed by atoms with E-state index in [1.165, 1.54) is 12.8 Å². The Hall–Kier alpha value is -0.835. The first-order chi connectivity index (χ1) is 8.65.